The second-order valence-corrected chi connectivity index (χ2v) is 8.92. The van der Waals surface area contributed by atoms with Crippen LogP contribution in [0.3, 0.4) is 0 Å². The molecular weight excluding hydrogens is 449 g/mol. The molecule has 2 aromatic rings. The molecule has 0 aromatic heterocycles. The molecule has 2 N–H and O–H groups in total. The van der Waals surface area contributed by atoms with E-state index in [1.54, 1.807) is 0 Å². The highest BCUT2D eigenvalue weighted by atomic mass is 19.4. The molecule has 0 saturated heterocycles. The minimum absolute atomic E-state index is 0.00202. The van der Waals surface area contributed by atoms with Crippen LogP contribution < -0.4 is 5.01 Å². The largest absolute Gasteiger partial charge is 0.418 e. The molecule has 0 saturated carbocycles. The Balaban J connectivity index is 1.94. The van der Waals surface area contributed by atoms with Crippen LogP contribution in [-0.4, -0.2) is 17.6 Å². The predicted octanol–water partition coefficient (Wildman–Crippen LogP) is 7.50. The van der Waals surface area contributed by atoms with Gasteiger partial charge in [-0.1, -0.05) is 29.8 Å². The molecular formula is C28H27F3N4. The average Bonchev–Trinajstić information content (AvgIpc) is 2.81. The van der Waals surface area contributed by atoms with E-state index < -0.39 is 11.7 Å². The van der Waals surface area contributed by atoms with E-state index in [4.69, 9.17) is 15.9 Å². The van der Waals surface area contributed by atoms with Crippen molar-refractivity contribution in [2.24, 2.45) is 5.10 Å². The smallest absolute Gasteiger partial charge is 0.309 e. The van der Waals surface area contributed by atoms with Crippen LogP contribution in [0, 0.1) is 24.7 Å². The zero-order valence-corrected chi connectivity index (χ0v) is 19.8. The van der Waals surface area contributed by atoms with Gasteiger partial charge in [0.1, 0.15) is 0 Å². The average molecular weight is 477 g/mol. The molecule has 1 aliphatic heterocycles. The lowest BCUT2D eigenvalue weighted by molar-refractivity contribution is -0.137. The number of anilines is 1. The minimum Gasteiger partial charge on any atom is -0.309 e. The van der Waals surface area contributed by atoms with Crippen molar-refractivity contribution in [1.29, 1.82) is 10.8 Å². The number of alkyl halides is 3. The number of nitrogens with one attached hydrogen (secondary N) is 2. The summed E-state index contributed by atoms with van der Waals surface area (Å²) in [6.07, 6.45) is 2.60. The summed E-state index contributed by atoms with van der Waals surface area (Å²) in [5, 5.41) is 21.4. The third-order valence-electron chi connectivity index (χ3n) is 6.25. The summed E-state index contributed by atoms with van der Waals surface area (Å²) < 4.78 is 42.3. The third kappa shape index (κ3) is 4.90. The molecule has 0 bridgehead atoms. The summed E-state index contributed by atoms with van der Waals surface area (Å²) in [4.78, 5) is 0. The van der Waals surface area contributed by atoms with Gasteiger partial charge in [-0.3, -0.25) is 0 Å². The Morgan fingerprint density at radius 1 is 1.03 bits per heavy atom. The number of nitrogens with zero attached hydrogens (tertiary/aromatic N) is 2. The molecule has 35 heavy (non-hydrogen) atoms. The first kappa shape index (κ1) is 24.4. The number of benzene rings is 2. The maximum Gasteiger partial charge on any atom is 0.418 e. The Morgan fingerprint density at radius 2 is 1.69 bits per heavy atom. The van der Waals surface area contributed by atoms with Gasteiger partial charge in [-0.05, 0) is 87.1 Å². The van der Waals surface area contributed by atoms with Gasteiger partial charge in [0.05, 0.1) is 28.4 Å². The van der Waals surface area contributed by atoms with Crippen molar-refractivity contribution in [3.8, 4) is 0 Å². The van der Waals surface area contributed by atoms with Crippen LogP contribution >= 0.6 is 0 Å². The summed E-state index contributed by atoms with van der Waals surface area (Å²) in [6.45, 7) is 8.15. The van der Waals surface area contributed by atoms with Gasteiger partial charge < -0.3 is 10.8 Å². The fourth-order valence-electron chi connectivity index (χ4n) is 4.73. The number of hydrazone groups is 1. The van der Waals surface area contributed by atoms with Gasteiger partial charge in [-0.15, -0.1) is 0 Å². The minimum atomic E-state index is -4.61. The van der Waals surface area contributed by atoms with Crippen molar-refractivity contribution in [3.05, 3.63) is 99.8 Å². The highest BCUT2D eigenvalue weighted by molar-refractivity contribution is 6.15. The zero-order valence-electron chi connectivity index (χ0n) is 19.8. The number of hydrogen-bond donors (Lipinski definition) is 2. The van der Waals surface area contributed by atoms with Crippen molar-refractivity contribution in [3.63, 3.8) is 0 Å². The number of rotatable bonds is 5. The van der Waals surface area contributed by atoms with Crippen LogP contribution in [0.1, 0.15) is 53.5 Å². The second kappa shape index (κ2) is 9.49. The van der Waals surface area contributed by atoms with Gasteiger partial charge in [-0.2, -0.15) is 18.3 Å². The number of allylic oxidation sites excluding steroid dienone is 4. The van der Waals surface area contributed by atoms with E-state index in [9.17, 15) is 13.2 Å². The van der Waals surface area contributed by atoms with Crippen molar-refractivity contribution in [2.45, 2.75) is 45.7 Å². The van der Waals surface area contributed by atoms with Gasteiger partial charge >= 0.3 is 6.18 Å². The predicted molar refractivity (Wildman–Crippen MR) is 136 cm³/mol. The number of hydrogen-bond acceptors (Lipinski definition) is 4. The van der Waals surface area contributed by atoms with Crippen molar-refractivity contribution in [2.75, 3.05) is 5.01 Å². The maximum atomic E-state index is 14.1. The van der Waals surface area contributed by atoms with Crippen LogP contribution in [0.2, 0.25) is 0 Å². The monoisotopic (exact) mass is 476 g/mol. The van der Waals surface area contributed by atoms with E-state index in [0.717, 1.165) is 65.8 Å². The first-order valence-electron chi connectivity index (χ1n) is 11.5. The molecule has 0 fully saturated rings. The van der Waals surface area contributed by atoms with Crippen molar-refractivity contribution < 1.29 is 13.2 Å². The highest BCUT2D eigenvalue weighted by Crippen LogP contribution is 2.43. The molecule has 1 aliphatic carbocycles. The van der Waals surface area contributed by atoms with Crippen LogP contribution in [0.25, 0.3) is 0 Å². The lowest BCUT2D eigenvalue weighted by atomic mass is 9.83. The fourth-order valence-corrected chi connectivity index (χ4v) is 4.73. The van der Waals surface area contributed by atoms with Gasteiger partial charge in [0.25, 0.3) is 0 Å². The quantitative estimate of drug-likeness (QED) is 0.431. The van der Waals surface area contributed by atoms with Crippen molar-refractivity contribution >= 4 is 23.3 Å². The normalized spacial score (nSPS) is 16.4. The molecule has 1 heterocycles. The Kier molecular flexibility index (Phi) is 6.61. The molecule has 4 nitrogen and oxygen atoms in total. The molecule has 0 radical (unpaired) electrons. The van der Waals surface area contributed by atoms with Gasteiger partial charge in [0.15, 0.2) is 0 Å². The highest BCUT2D eigenvalue weighted by Gasteiger charge is 2.38. The van der Waals surface area contributed by atoms with E-state index in [1.807, 2.05) is 26.0 Å². The maximum absolute atomic E-state index is 14.1. The number of halogens is 3. The lowest BCUT2D eigenvalue weighted by Crippen LogP contribution is -2.30. The summed E-state index contributed by atoms with van der Waals surface area (Å²) in [5.74, 6) is 0. The fraction of sp³-hybridized carbons (Fsp3) is 0.250. The number of aryl methyl sites for hydroxylation is 2. The van der Waals surface area contributed by atoms with Crippen LogP contribution in [0.5, 0.6) is 0 Å². The first-order valence-corrected chi connectivity index (χ1v) is 11.5. The zero-order chi connectivity index (χ0) is 25.3. The molecule has 180 valence electrons. The van der Waals surface area contributed by atoms with Crippen molar-refractivity contribution in [1.82, 2.24) is 0 Å². The van der Waals surface area contributed by atoms with E-state index >= 15 is 0 Å². The molecule has 0 atom stereocenters. The molecule has 2 aliphatic rings. The molecule has 0 unspecified atom stereocenters. The third-order valence-corrected chi connectivity index (χ3v) is 6.25. The van der Waals surface area contributed by atoms with Crippen LogP contribution in [-0.2, 0) is 6.18 Å². The molecule has 7 heteroatoms. The molecule has 4 rings (SSSR count). The molecule has 2 aromatic carbocycles. The van der Waals surface area contributed by atoms with E-state index in [1.165, 1.54) is 29.3 Å². The molecule has 0 amide bonds. The Bertz CT molecular complexity index is 1290. The van der Waals surface area contributed by atoms with Gasteiger partial charge in [0.2, 0.25) is 0 Å². The molecule has 0 spiro atoms. The van der Waals surface area contributed by atoms with Gasteiger partial charge in [0, 0.05) is 17.3 Å². The Morgan fingerprint density at radius 3 is 2.31 bits per heavy atom. The summed E-state index contributed by atoms with van der Waals surface area (Å²) in [6, 6.07) is 9.67. The lowest BCUT2D eigenvalue weighted by Gasteiger charge is -2.35. The first-order chi connectivity index (χ1) is 16.6. The second-order valence-electron chi connectivity index (χ2n) is 8.92. The van der Waals surface area contributed by atoms with E-state index in [0.29, 0.717) is 17.0 Å². The topological polar surface area (TPSA) is 63.3 Å². The van der Waals surface area contributed by atoms with Gasteiger partial charge in [-0.25, -0.2) is 5.01 Å². The van der Waals surface area contributed by atoms with Crippen LogP contribution in [0.15, 0.2) is 77.1 Å². The van der Waals surface area contributed by atoms with E-state index in [-0.39, 0.29) is 11.4 Å². The summed E-state index contributed by atoms with van der Waals surface area (Å²) in [5.41, 5.74) is 5.40. The summed E-state index contributed by atoms with van der Waals surface area (Å²) in [7, 11) is 0. The SMILES string of the molecule is C=C1C2=C(CCCC2)C(c2cc(C)cc(C)c2)=NN1c1cc(C(=N)/C=C\C=N)ccc1C(F)(F)F. The summed E-state index contributed by atoms with van der Waals surface area (Å²) >= 11 is 0. The standard InChI is InChI=1S/C28H27F3N4/c1-17-13-18(2)15-21(14-17)27-23-8-5-4-7-22(23)19(3)35(34-27)26-16-20(25(33)9-6-12-32)10-11-24(26)28(29,30)31/h6,9-16,32-33H,3-5,7-8H2,1-2H3/b9-6-,32-12?,33-25?. The Labute approximate surface area is 203 Å². The van der Waals surface area contributed by atoms with E-state index in [2.05, 4.69) is 12.6 Å². The van der Waals surface area contributed by atoms with Crippen LogP contribution in [0.4, 0.5) is 18.9 Å². The Hall–Kier alpha value is -3.74.